The first-order valence-electron chi connectivity index (χ1n) is 7.87. The predicted molar refractivity (Wildman–Crippen MR) is 91.6 cm³/mol. The molecule has 0 spiro atoms. The van der Waals surface area contributed by atoms with Gasteiger partial charge in [0.1, 0.15) is 5.82 Å². The molecule has 24 heavy (non-hydrogen) atoms. The maximum absolute atomic E-state index is 5.86. The lowest BCUT2D eigenvalue weighted by atomic mass is 10.3. The fraction of sp³-hybridized carbons (Fsp3) is 0.400. The van der Waals surface area contributed by atoms with Gasteiger partial charge in [0.05, 0.1) is 17.4 Å². The van der Waals surface area contributed by atoms with E-state index in [4.69, 9.17) is 11.6 Å². The average molecular weight is 345 g/mol. The molecule has 0 saturated carbocycles. The van der Waals surface area contributed by atoms with Gasteiger partial charge in [-0.3, -0.25) is 0 Å². The summed E-state index contributed by atoms with van der Waals surface area (Å²) in [6.45, 7) is 5.43. The van der Waals surface area contributed by atoms with Crippen molar-refractivity contribution in [3.63, 3.8) is 0 Å². The standard InChI is InChI=1S/C15H17ClN8/c1-11-19-20-13-3-4-14(21-24(11)13)22-5-2-6-23(8-7-22)15-17-9-12(16)10-18-15/h3-4,9-10H,2,5-8H2,1H3. The number of fused-ring (bicyclic) bond motifs is 1. The van der Waals surface area contributed by atoms with Gasteiger partial charge in [-0.2, -0.15) is 4.52 Å². The SMILES string of the molecule is Cc1nnc2ccc(N3CCCN(c4ncc(Cl)cn4)CC3)nn12. The Morgan fingerprint density at radius 3 is 2.54 bits per heavy atom. The third kappa shape index (κ3) is 2.84. The van der Waals surface area contributed by atoms with Crippen LogP contribution in [0.4, 0.5) is 11.8 Å². The van der Waals surface area contributed by atoms with E-state index in [1.807, 2.05) is 19.1 Å². The van der Waals surface area contributed by atoms with Crippen molar-refractivity contribution in [2.24, 2.45) is 0 Å². The lowest BCUT2D eigenvalue weighted by Gasteiger charge is -2.22. The Kier molecular flexibility index (Phi) is 3.89. The van der Waals surface area contributed by atoms with Crippen LogP contribution in [0.1, 0.15) is 12.2 Å². The Bertz CT molecular complexity index is 846. The van der Waals surface area contributed by atoms with Crippen molar-refractivity contribution >= 4 is 29.0 Å². The van der Waals surface area contributed by atoms with Gasteiger partial charge in [0.2, 0.25) is 5.95 Å². The van der Waals surface area contributed by atoms with E-state index in [-0.39, 0.29) is 0 Å². The summed E-state index contributed by atoms with van der Waals surface area (Å²) in [4.78, 5) is 13.1. The van der Waals surface area contributed by atoms with E-state index in [9.17, 15) is 0 Å². The Labute approximate surface area is 144 Å². The molecular formula is C15H17ClN8. The Hall–Kier alpha value is -2.48. The van der Waals surface area contributed by atoms with Crippen LogP contribution >= 0.6 is 11.6 Å². The quantitative estimate of drug-likeness (QED) is 0.698. The van der Waals surface area contributed by atoms with Crippen molar-refractivity contribution in [3.8, 4) is 0 Å². The molecule has 0 bridgehead atoms. The summed E-state index contributed by atoms with van der Waals surface area (Å²) >= 11 is 5.86. The second-order valence-electron chi connectivity index (χ2n) is 5.74. The fourth-order valence-corrected chi connectivity index (χ4v) is 2.97. The number of anilines is 2. The first-order chi connectivity index (χ1) is 11.7. The summed E-state index contributed by atoms with van der Waals surface area (Å²) in [7, 11) is 0. The number of halogens is 1. The normalized spacial score (nSPS) is 15.8. The summed E-state index contributed by atoms with van der Waals surface area (Å²) in [6, 6.07) is 3.95. The van der Waals surface area contributed by atoms with Crippen LogP contribution in [-0.4, -0.2) is 56.0 Å². The molecule has 8 nitrogen and oxygen atoms in total. The molecule has 4 heterocycles. The van der Waals surface area contributed by atoms with Gasteiger partial charge in [-0.1, -0.05) is 11.6 Å². The second-order valence-corrected chi connectivity index (χ2v) is 6.17. The Balaban J connectivity index is 1.53. The number of rotatable bonds is 2. The molecule has 0 unspecified atom stereocenters. The molecule has 124 valence electrons. The molecule has 0 amide bonds. The molecule has 0 atom stereocenters. The van der Waals surface area contributed by atoms with E-state index in [0.717, 1.165) is 55.8 Å². The minimum Gasteiger partial charge on any atom is -0.353 e. The maximum Gasteiger partial charge on any atom is 0.225 e. The summed E-state index contributed by atoms with van der Waals surface area (Å²) in [6.07, 6.45) is 4.28. The minimum atomic E-state index is 0.553. The van der Waals surface area contributed by atoms with Crippen molar-refractivity contribution < 1.29 is 0 Å². The number of hydrogen-bond donors (Lipinski definition) is 0. The van der Waals surface area contributed by atoms with E-state index in [1.54, 1.807) is 16.9 Å². The van der Waals surface area contributed by atoms with Gasteiger partial charge >= 0.3 is 0 Å². The molecule has 1 aliphatic heterocycles. The number of hydrogen-bond acceptors (Lipinski definition) is 7. The maximum atomic E-state index is 5.86. The molecule has 9 heteroatoms. The zero-order valence-corrected chi connectivity index (χ0v) is 14.1. The van der Waals surface area contributed by atoms with E-state index < -0.39 is 0 Å². The molecule has 1 aliphatic rings. The van der Waals surface area contributed by atoms with Crippen LogP contribution < -0.4 is 9.80 Å². The van der Waals surface area contributed by atoms with E-state index in [1.165, 1.54) is 0 Å². The van der Waals surface area contributed by atoms with Crippen LogP contribution in [0.5, 0.6) is 0 Å². The third-order valence-electron chi connectivity index (χ3n) is 4.11. The number of aryl methyl sites for hydroxylation is 1. The largest absolute Gasteiger partial charge is 0.353 e. The van der Waals surface area contributed by atoms with E-state index in [2.05, 4.69) is 35.1 Å². The lowest BCUT2D eigenvalue weighted by molar-refractivity contribution is 0.768. The van der Waals surface area contributed by atoms with E-state index >= 15 is 0 Å². The highest BCUT2D eigenvalue weighted by Gasteiger charge is 2.18. The predicted octanol–water partition coefficient (Wildman–Crippen LogP) is 1.59. The van der Waals surface area contributed by atoms with Crippen LogP contribution in [0.2, 0.25) is 5.02 Å². The zero-order chi connectivity index (χ0) is 16.5. The van der Waals surface area contributed by atoms with Crippen molar-refractivity contribution in [3.05, 3.63) is 35.4 Å². The van der Waals surface area contributed by atoms with Crippen LogP contribution in [-0.2, 0) is 0 Å². The van der Waals surface area contributed by atoms with Crippen LogP contribution in [0.3, 0.4) is 0 Å². The van der Waals surface area contributed by atoms with Crippen LogP contribution in [0, 0.1) is 6.92 Å². The van der Waals surface area contributed by atoms with Crippen molar-refractivity contribution in [1.82, 2.24) is 29.8 Å². The summed E-state index contributed by atoms with van der Waals surface area (Å²) in [5, 5.41) is 13.3. The highest BCUT2D eigenvalue weighted by molar-refractivity contribution is 6.30. The van der Waals surface area contributed by atoms with Crippen LogP contribution in [0.25, 0.3) is 5.65 Å². The fourth-order valence-electron chi connectivity index (χ4n) is 2.87. The minimum absolute atomic E-state index is 0.553. The van der Waals surface area contributed by atoms with Crippen molar-refractivity contribution in [1.29, 1.82) is 0 Å². The lowest BCUT2D eigenvalue weighted by Crippen LogP contribution is -2.32. The van der Waals surface area contributed by atoms with Crippen LogP contribution in [0.15, 0.2) is 24.5 Å². The third-order valence-corrected chi connectivity index (χ3v) is 4.31. The molecular weight excluding hydrogens is 328 g/mol. The molecule has 0 radical (unpaired) electrons. The Morgan fingerprint density at radius 2 is 1.71 bits per heavy atom. The van der Waals surface area contributed by atoms with Crippen molar-refractivity contribution in [2.45, 2.75) is 13.3 Å². The van der Waals surface area contributed by atoms with Gasteiger partial charge in [-0.15, -0.1) is 15.3 Å². The first kappa shape index (κ1) is 15.1. The van der Waals surface area contributed by atoms with Gasteiger partial charge in [0, 0.05) is 26.2 Å². The van der Waals surface area contributed by atoms with Gasteiger partial charge in [-0.05, 0) is 25.5 Å². The van der Waals surface area contributed by atoms with Gasteiger partial charge < -0.3 is 9.80 Å². The van der Waals surface area contributed by atoms with Crippen molar-refractivity contribution in [2.75, 3.05) is 36.0 Å². The smallest absolute Gasteiger partial charge is 0.225 e. The molecule has 0 N–H and O–H groups in total. The Morgan fingerprint density at radius 1 is 0.958 bits per heavy atom. The summed E-state index contributed by atoms with van der Waals surface area (Å²) in [5.41, 5.74) is 0.766. The van der Waals surface area contributed by atoms with Gasteiger partial charge in [-0.25, -0.2) is 9.97 Å². The van der Waals surface area contributed by atoms with Gasteiger partial charge in [0.25, 0.3) is 0 Å². The number of nitrogens with zero attached hydrogens (tertiary/aromatic N) is 8. The number of aromatic nitrogens is 6. The summed E-state index contributed by atoms with van der Waals surface area (Å²) in [5.74, 6) is 2.45. The zero-order valence-electron chi connectivity index (χ0n) is 13.3. The monoisotopic (exact) mass is 344 g/mol. The molecule has 4 rings (SSSR count). The molecule has 0 aromatic carbocycles. The second kappa shape index (κ2) is 6.20. The molecule has 1 fully saturated rings. The molecule has 1 saturated heterocycles. The van der Waals surface area contributed by atoms with E-state index in [0.29, 0.717) is 5.02 Å². The first-order valence-corrected chi connectivity index (χ1v) is 8.25. The summed E-state index contributed by atoms with van der Waals surface area (Å²) < 4.78 is 1.78. The average Bonchev–Trinajstić information content (AvgIpc) is 2.82. The highest BCUT2D eigenvalue weighted by atomic mass is 35.5. The molecule has 3 aromatic heterocycles. The highest BCUT2D eigenvalue weighted by Crippen LogP contribution is 2.17. The van der Waals surface area contributed by atoms with Gasteiger partial charge in [0.15, 0.2) is 11.5 Å². The topological polar surface area (TPSA) is 75.3 Å². The molecule has 3 aromatic rings. The molecule has 0 aliphatic carbocycles.